The van der Waals surface area contributed by atoms with Gasteiger partial charge in [-0.15, -0.1) is 6.42 Å². The summed E-state index contributed by atoms with van der Waals surface area (Å²) in [6, 6.07) is 2.66. The zero-order valence-electron chi connectivity index (χ0n) is 14.5. The van der Waals surface area contributed by atoms with E-state index in [9.17, 15) is 22.8 Å². The molecule has 0 aliphatic heterocycles. The number of anilines is 1. The maximum absolute atomic E-state index is 13.0. The average molecular weight is 379 g/mol. The topological polar surface area (TPSA) is 105 Å². The first-order valence-corrected chi connectivity index (χ1v) is 7.63. The summed E-state index contributed by atoms with van der Waals surface area (Å²) in [6.45, 7) is 3.07. The Morgan fingerprint density at radius 1 is 1.37 bits per heavy atom. The average Bonchev–Trinajstić information content (AvgIpc) is 3.03. The van der Waals surface area contributed by atoms with Crippen LogP contribution in [0.25, 0.3) is 0 Å². The van der Waals surface area contributed by atoms with Crippen molar-refractivity contribution < 1.29 is 22.8 Å². The number of halogens is 3. The number of nitrogens with two attached hydrogens (primary N) is 1. The van der Waals surface area contributed by atoms with Crippen molar-refractivity contribution in [2.75, 3.05) is 4.90 Å². The molecule has 0 unspecified atom stereocenters. The number of H-pyrrole nitrogens is 1. The third-order valence-electron chi connectivity index (χ3n) is 3.76. The van der Waals surface area contributed by atoms with Gasteiger partial charge in [-0.3, -0.25) is 24.6 Å². The fraction of sp³-hybridized carbons (Fsp3) is 0.294. The van der Waals surface area contributed by atoms with E-state index in [1.165, 1.54) is 32.2 Å². The summed E-state index contributed by atoms with van der Waals surface area (Å²) in [5, 5.41) is 5.22. The van der Waals surface area contributed by atoms with E-state index in [0.717, 1.165) is 11.1 Å². The SMILES string of the molecule is C#CC(C)(C)N(C(=O)Cc1cn[nH]c1C(F)(F)F)c1ccnc(C(N)=O)c1. The molecule has 0 spiro atoms. The maximum atomic E-state index is 13.0. The Morgan fingerprint density at radius 3 is 2.59 bits per heavy atom. The molecule has 27 heavy (non-hydrogen) atoms. The fourth-order valence-corrected chi connectivity index (χ4v) is 2.47. The molecule has 2 rings (SSSR count). The van der Waals surface area contributed by atoms with Crippen LogP contribution in [0, 0.1) is 12.3 Å². The van der Waals surface area contributed by atoms with Crippen molar-refractivity contribution in [1.29, 1.82) is 0 Å². The minimum atomic E-state index is -4.69. The number of hydrogen-bond donors (Lipinski definition) is 2. The van der Waals surface area contributed by atoms with Crippen molar-refractivity contribution in [2.45, 2.75) is 32.0 Å². The molecule has 2 aromatic heterocycles. The zero-order valence-corrected chi connectivity index (χ0v) is 14.5. The molecule has 142 valence electrons. The van der Waals surface area contributed by atoms with Crippen LogP contribution in [0.15, 0.2) is 24.5 Å². The van der Waals surface area contributed by atoms with E-state index in [0.29, 0.717) is 0 Å². The number of alkyl halides is 3. The minimum Gasteiger partial charge on any atom is -0.364 e. The van der Waals surface area contributed by atoms with Gasteiger partial charge in [0, 0.05) is 17.4 Å². The van der Waals surface area contributed by atoms with Crippen molar-refractivity contribution in [1.82, 2.24) is 15.2 Å². The minimum absolute atomic E-state index is 0.114. The molecule has 0 aromatic carbocycles. The summed E-state index contributed by atoms with van der Waals surface area (Å²) in [7, 11) is 0. The highest BCUT2D eigenvalue weighted by Crippen LogP contribution is 2.31. The number of nitrogens with zero attached hydrogens (tertiary/aromatic N) is 3. The number of amides is 2. The first kappa shape index (κ1) is 20.0. The highest BCUT2D eigenvalue weighted by Gasteiger charge is 2.38. The number of carbonyl (C=O) groups excluding carboxylic acids is 2. The number of terminal acetylenes is 1. The Bertz CT molecular complexity index is 912. The Kier molecular flexibility index (Phi) is 5.26. The molecule has 0 aliphatic rings. The molecular formula is C17H16F3N5O2. The lowest BCUT2D eigenvalue weighted by Gasteiger charge is -2.35. The predicted octanol–water partition coefficient (Wildman–Crippen LogP) is 1.91. The first-order valence-electron chi connectivity index (χ1n) is 7.63. The van der Waals surface area contributed by atoms with E-state index in [1.54, 1.807) is 0 Å². The van der Waals surface area contributed by atoms with Gasteiger partial charge in [0.2, 0.25) is 5.91 Å². The second kappa shape index (κ2) is 7.11. The van der Waals surface area contributed by atoms with E-state index in [-0.39, 0.29) is 16.9 Å². The predicted molar refractivity (Wildman–Crippen MR) is 90.4 cm³/mol. The molecule has 0 saturated heterocycles. The van der Waals surface area contributed by atoms with Crippen molar-refractivity contribution in [2.24, 2.45) is 5.73 Å². The molecule has 0 bridgehead atoms. The van der Waals surface area contributed by atoms with Gasteiger partial charge in [-0.1, -0.05) is 5.92 Å². The standard InChI is InChI=1S/C17H16F3N5O2/c1-4-16(2,3)25(11-5-6-22-12(8-11)15(21)27)13(26)7-10-9-23-24-14(10)17(18,19)20/h1,5-6,8-9H,7H2,2-3H3,(H2,21,27)(H,23,24). The smallest absolute Gasteiger partial charge is 0.364 e. The van der Waals surface area contributed by atoms with E-state index in [1.807, 2.05) is 5.10 Å². The van der Waals surface area contributed by atoms with Crippen molar-refractivity contribution in [3.05, 3.63) is 41.5 Å². The summed E-state index contributed by atoms with van der Waals surface area (Å²) in [4.78, 5) is 29.1. The summed E-state index contributed by atoms with van der Waals surface area (Å²) in [5.41, 5.74) is 2.63. The number of primary amides is 1. The van der Waals surface area contributed by atoms with Gasteiger partial charge < -0.3 is 5.73 Å². The number of hydrogen-bond acceptors (Lipinski definition) is 4. The largest absolute Gasteiger partial charge is 0.433 e. The lowest BCUT2D eigenvalue weighted by molar-refractivity contribution is -0.141. The molecule has 0 atom stereocenters. The molecule has 3 N–H and O–H groups in total. The Balaban J connectivity index is 2.46. The third-order valence-corrected chi connectivity index (χ3v) is 3.76. The van der Waals surface area contributed by atoms with Gasteiger partial charge in [-0.2, -0.15) is 18.3 Å². The summed E-state index contributed by atoms with van der Waals surface area (Å²) >= 11 is 0. The van der Waals surface area contributed by atoms with Crippen molar-refractivity contribution >= 4 is 17.5 Å². The van der Waals surface area contributed by atoms with E-state index >= 15 is 0 Å². The number of nitrogens with one attached hydrogen (secondary N) is 1. The second-order valence-electron chi connectivity index (χ2n) is 6.14. The van der Waals surface area contributed by atoms with Crippen LogP contribution in [-0.2, 0) is 17.4 Å². The van der Waals surface area contributed by atoms with Gasteiger partial charge >= 0.3 is 6.18 Å². The van der Waals surface area contributed by atoms with Crippen LogP contribution in [0.4, 0.5) is 18.9 Å². The van der Waals surface area contributed by atoms with Gasteiger partial charge in [-0.25, -0.2) is 0 Å². The molecule has 2 heterocycles. The molecule has 10 heteroatoms. The normalized spacial score (nSPS) is 11.7. The molecule has 2 aromatic rings. The first-order chi connectivity index (χ1) is 12.5. The molecule has 0 fully saturated rings. The van der Waals surface area contributed by atoms with E-state index in [4.69, 9.17) is 12.2 Å². The summed E-state index contributed by atoms with van der Waals surface area (Å²) in [6.07, 6.45) is 2.40. The lowest BCUT2D eigenvalue weighted by Crippen LogP contribution is -2.48. The molecular weight excluding hydrogens is 363 g/mol. The highest BCUT2D eigenvalue weighted by molar-refractivity contribution is 5.98. The van der Waals surface area contributed by atoms with Crippen LogP contribution in [0.2, 0.25) is 0 Å². The second-order valence-corrected chi connectivity index (χ2v) is 6.14. The highest BCUT2D eigenvalue weighted by atomic mass is 19.4. The molecule has 0 saturated carbocycles. The number of aromatic nitrogens is 3. The van der Waals surface area contributed by atoms with E-state index < -0.39 is 35.6 Å². The van der Waals surface area contributed by atoms with Gasteiger partial charge in [0.1, 0.15) is 16.9 Å². The summed E-state index contributed by atoms with van der Waals surface area (Å²) < 4.78 is 39.0. The Labute approximate surface area is 152 Å². The number of carbonyl (C=O) groups is 2. The van der Waals surface area contributed by atoms with Crippen LogP contribution < -0.4 is 10.6 Å². The fourth-order valence-electron chi connectivity index (χ4n) is 2.47. The van der Waals surface area contributed by atoms with Gasteiger partial charge in [0.15, 0.2) is 0 Å². The molecule has 7 nitrogen and oxygen atoms in total. The van der Waals surface area contributed by atoms with Crippen molar-refractivity contribution in [3.8, 4) is 12.3 Å². The third kappa shape index (κ3) is 4.25. The molecule has 0 radical (unpaired) electrons. The van der Waals surface area contributed by atoms with Crippen molar-refractivity contribution in [3.63, 3.8) is 0 Å². The monoisotopic (exact) mass is 379 g/mol. The summed E-state index contributed by atoms with van der Waals surface area (Å²) in [5.74, 6) is 0.878. The molecule has 2 amide bonds. The van der Waals surface area contributed by atoms with Crippen LogP contribution in [-0.4, -0.2) is 32.5 Å². The lowest BCUT2D eigenvalue weighted by atomic mass is 10.0. The maximum Gasteiger partial charge on any atom is 0.433 e. The number of rotatable bonds is 5. The zero-order chi connectivity index (χ0) is 20.4. The number of aromatic amines is 1. The van der Waals surface area contributed by atoms with Gasteiger partial charge in [0.05, 0.1) is 12.6 Å². The Hall–Kier alpha value is -3.35. The van der Waals surface area contributed by atoms with Gasteiger partial charge in [0.25, 0.3) is 5.91 Å². The number of pyridine rings is 1. The molecule has 0 aliphatic carbocycles. The Morgan fingerprint density at radius 2 is 2.04 bits per heavy atom. The van der Waals surface area contributed by atoms with Crippen LogP contribution >= 0.6 is 0 Å². The van der Waals surface area contributed by atoms with Gasteiger partial charge in [-0.05, 0) is 26.0 Å². The van der Waals surface area contributed by atoms with Crippen LogP contribution in [0.3, 0.4) is 0 Å². The van der Waals surface area contributed by atoms with Crippen LogP contribution in [0.1, 0.15) is 35.6 Å². The van der Waals surface area contributed by atoms with Crippen LogP contribution in [0.5, 0.6) is 0 Å². The quantitative estimate of drug-likeness (QED) is 0.774. The van der Waals surface area contributed by atoms with E-state index in [2.05, 4.69) is 16.0 Å².